The highest BCUT2D eigenvalue weighted by Crippen LogP contribution is 2.33. The van der Waals surface area contributed by atoms with E-state index in [-0.39, 0.29) is 0 Å². The normalized spacial score (nSPS) is 15.0. The van der Waals surface area contributed by atoms with Crippen molar-refractivity contribution in [3.8, 4) is 5.75 Å². The predicted molar refractivity (Wildman–Crippen MR) is 61.4 cm³/mol. The lowest BCUT2D eigenvalue weighted by Gasteiger charge is -2.19. The third-order valence-electron chi connectivity index (χ3n) is 2.85. The molecular weight excluding hydrogens is 192 g/mol. The maximum absolute atomic E-state index is 5.31. The molecule has 76 valence electrons. The van der Waals surface area contributed by atoms with Gasteiger partial charge in [-0.1, -0.05) is 0 Å². The Balaban J connectivity index is 2.47. The average Bonchev–Trinajstić information content (AvgIpc) is 2.27. The zero-order chi connectivity index (χ0) is 9.97. The molecule has 0 saturated carbocycles. The first-order chi connectivity index (χ1) is 6.85. The standard InChI is InChI=1S/C12H16OS/c1-13-10-7-9-5-3-4-6-11(9)12(8-10)14-2/h7-8H,3-6H2,1-2H3. The molecule has 0 amide bonds. The van der Waals surface area contributed by atoms with Gasteiger partial charge in [0.1, 0.15) is 5.75 Å². The second-order valence-corrected chi connectivity index (χ2v) is 4.52. The van der Waals surface area contributed by atoms with Gasteiger partial charge in [0.15, 0.2) is 0 Å². The number of fused-ring (bicyclic) bond motifs is 1. The van der Waals surface area contributed by atoms with E-state index >= 15 is 0 Å². The number of methoxy groups -OCH3 is 1. The van der Waals surface area contributed by atoms with Crippen molar-refractivity contribution in [2.75, 3.05) is 13.4 Å². The smallest absolute Gasteiger partial charge is 0.120 e. The summed E-state index contributed by atoms with van der Waals surface area (Å²) in [6.45, 7) is 0. The highest BCUT2D eigenvalue weighted by atomic mass is 32.2. The monoisotopic (exact) mass is 208 g/mol. The Bertz CT molecular complexity index is 316. The minimum absolute atomic E-state index is 1.01. The van der Waals surface area contributed by atoms with Gasteiger partial charge in [-0.15, -0.1) is 11.8 Å². The van der Waals surface area contributed by atoms with Crippen LogP contribution in [0.3, 0.4) is 0 Å². The zero-order valence-electron chi connectivity index (χ0n) is 8.80. The summed E-state index contributed by atoms with van der Waals surface area (Å²) in [6, 6.07) is 4.36. The number of thioether (sulfide) groups is 1. The highest BCUT2D eigenvalue weighted by molar-refractivity contribution is 7.98. The van der Waals surface area contributed by atoms with Crippen molar-refractivity contribution in [2.24, 2.45) is 0 Å². The van der Waals surface area contributed by atoms with Crippen LogP contribution >= 0.6 is 11.8 Å². The van der Waals surface area contributed by atoms with Gasteiger partial charge in [0.2, 0.25) is 0 Å². The Kier molecular flexibility index (Phi) is 3.02. The second kappa shape index (κ2) is 4.26. The third kappa shape index (κ3) is 1.76. The first-order valence-corrected chi connectivity index (χ1v) is 6.31. The Morgan fingerprint density at radius 2 is 2.00 bits per heavy atom. The van der Waals surface area contributed by atoms with Gasteiger partial charge in [-0.3, -0.25) is 0 Å². The van der Waals surface area contributed by atoms with Crippen LogP contribution in [0.5, 0.6) is 5.75 Å². The largest absolute Gasteiger partial charge is 0.497 e. The number of rotatable bonds is 2. The van der Waals surface area contributed by atoms with E-state index in [2.05, 4.69) is 18.4 Å². The quantitative estimate of drug-likeness (QED) is 0.690. The molecule has 14 heavy (non-hydrogen) atoms. The third-order valence-corrected chi connectivity index (χ3v) is 3.66. The highest BCUT2D eigenvalue weighted by Gasteiger charge is 2.14. The van der Waals surface area contributed by atoms with Crippen molar-refractivity contribution in [1.29, 1.82) is 0 Å². The van der Waals surface area contributed by atoms with E-state index in [0.29, 0.717) is 0 Å². The van der Waals surface area contributed by atoms with Crippen molar-refractivity contribution in [3.05, 3.63) is 23.3 Å². The van der Waals surface area contributed by atoms with Crippen LogP contribution in [0.2, 0.25) is 0 Å². The van der Waals surface area contributed by atoms with Crippen molar-refractivity contribution in [3.63, 3.8) is 0 Å². The van der Waals surface area contributed by atoms with Gasteiger partial charge in [0, 0.05) is 4.90 Å². The first-order valence-electron chi connectivity index (χ1n) is 5.09. The molecular formula is C12H16OS. The van der Waals surface area contributed by atoms with E-state index in [4.69, 9.17) is 4.74 Å². The molecule has 0 heterocycles. The van der Waals surface area contributed by atoms with Crippen LogP contribution in [0.4, 0.5) is 0 Å². The fraction of sp³-hybridized carbons (Fsp3) is 0.500. The number of ether oxygens (including phenoxy) is 1. The van der Waals surface area contributed by atoms with Crippen LogP contribution in [-0.4, -0.2) is 13.4 Å². The molecule has 2 heteroatoms. The number of aryl methyl sites for hydroxylation is 1. The summed E-state index contributed by atoms with van der Waals surface area (Å²) in [5, 5.41) is 0. The summed E-state index contributed by atoms with van der Waals surface area (Å²) >= 11 is 1.83. The van der Waals surface area contributed by atoms with Crippen LogP contribution in [0.15, 0.2) is 17.0 Å². The summed E-state index contributed by atoms with van der Waals surface area (Å²) in [5.41, 5.74) is 3.06. The van der Waals surface area contributed by atoms with Crippen LogP contribution in [0.1, 0.15) is 24.0 Å². The second-order valence-electron chi connectivity index (χ2n) is 3.67. The van der Waals surface area contributed by atoms with E-state index < -0.39 is 0 Å². The minimum Gasteiger partial charge on any atom is -0.497 e. The number of hydrogen-bond donors (Lipinski definition) is 0. The number of benzene rings is 1. The van der Waals surface area contributed by atoms with Gasteiger partial charge in [-0.2, -0.15) is 0 Å². The molecule has 0 fully saturated rings. The maximum atomic E-state index is 5.31. The molecule has 1 aromatic rings. The topological polar surface area (TPSA) is 9.23 Å². The lowest BCUT2D eigenvalue weighted by atomic mass is 9.91. The van der Waals surface area contributed by atoms with Gasteiger partial charge < -0.3 is 4.74 Å². The van der Waals surface area contributed by atoms with Crippen molar-refractivity contribution in [2.45, 2.75) is 30.6 Å². The van der Waals surface area contributed by atoms with Gasteiger partial charge in [-0.05, 0) is 55.2 Å². The van der Waals surface area contributed by atoms with Crippen LogP contribution in [0, 0.1) is 0 Å². The molecule has 0 aliphatic heterocycles. The lowest BCUT2D eigenvalue weighted by molar-refractivity contribution is 0.412. The molecule has 0 saturated heterocycles. The molecule has 0 bridgehead atoms. The van der Waals surface area contributed by atoms with Crippen molar-refractivity contribution < 1.29 is 4.74 Å². The molecule has 1 aromatic carbocycles. The van der Waals surface area contributed by atoms with Gasteiger partial charge in [0.05, 0.1) is 7.11 Å². The van der Waals surface area contributed by atoms with E-state index in [0.717, 1.165) is 5.75 Å². The van der Waals surface area contributed by atoms with E-state index in [9.17, 15) is 0 Å². The number of hydrogen-bond acceptors (Lipinski definition) is 2. The van der Waals surface area contributed by atoms with Crippen molar-refractivity contribution in [1.82, 2.24) is 0 Å². The molecule has 2 rings (SSSR count). The Hall–Kier alpha value is -0.630. The predicted octanol–water partition coefficient (Wildman–Crippen LogP) is 3.30. The van der Waals surface area contributed by atoms with Crippen LogP contribution in [-0.2, 0) is 12.8 Å². The Morgan fingerprint density at radius 1 is 1.21 bits per heavy atom. The summed E-state index contributed by atoms with van der Waals surface area (Å²) < 4.78 is 5.31. The maximum Gasteiger partial charge on any atom is 0.120 e. The van der Waals surface area contributed by atoms with Crippen LogP contribution < -0.4 is 4.74 Å². The van der Waals surface area contributed by atoms with E-state index in [1.165, 1.54) is 36.1 Å². The zero-order valence-corrected chi connectivity index (χ0v) is 9.62. The summed E-state index contributed by atoms with van der Waals surface area (Å²) in [4.78, 5) is 1.40. The molecule has 1 nitrogen and oxygen atoms in total. The lowest BCUT2D eigenvalue weighted by Crippen LogP contribution is -2.04. The summed E-state index contributed by atoms with van der Waals surface area (Å²) in [5.74, 6) is 1.01. The van der Waals surface area contributed by atoms with Crippen molar-refractivity contribution >= 4 is 11.8 Å². The molecule has 1 aliphatic carbocycles. The Morgan fingerprint density at radius 3 is 2.71 bits per heavy atom. The average molecular weight is 208 g/mol. The molecule has 1 aliphatic rings. The fourth-order valence-corrected chi connectivity index (χ4v) is 2.81. The first kappa shape index (κ1) is 9.91. The van der Waals surface area contributed by atoms with E-state index in [1.807, 2.05) is 11.8 Å². The summed E-state index contributed by atoms with van der Waals surface area (Å²) in [6.07, 6.45) is 7.28. The van der Waals surface area contributed by atoms with E-state index in [1.54, 1.807) is 12.7 Å². The molecule has 0 unspecified atom stereocenters. The molecule has 0 radical (unpaired) electrons. The SMILES string of the molecule is COc1cc2c(c(SC)c1)CCCC2. The molecule has 0 atom stereocenters. The van der Waals surface area contributed by atoms with Gasteiger partial charge >= 0.3 is 0 Å². The molecule has 0 aromatic heterocycles. The van der Waals surface area contributed by atoms with Gasteiger partial charge in [-0.25, -0.2) is 0 Å². The summed E-state index contributed by atoms with van der Waals surface area (Å²) in [7, 11) is 1.74. The molecule has 0 spiro atoms. The van der Waals surface area contributed by atoms with Gasteiger partial charge in [0.25, 0.3) is 0 Å². The van der Waals surface area contributed by atoms with Crippen LogP contribution in [0.25, 0.3) is 0 Å². The molecule has 0 N–H and O–H groups in total. The minimum atomic E-state index is 1.01. The fourth-order valence-electron chi connectivity index (χ4n) is 2.10. The Labute approximate surface area is 89.9 Å².